The van der Waals surface area contributed by atoms with Gasteiger partial charge in [0.05, 0.1) is 0 Å². The zero-order valence-electron chi connectivity index (χ0n) is 11.5. The molecule has 0 aliphatic carbocycles. The van der Waals surface area contributed by atoms with Gasteiger partial charge in [-0.2, -0.15) is 0 Å². The first kappa shape index (κ1) is 16.7. The largest absolute Gasteiger partial charge is 0.480 e. The van der Waals surface area contributed by atoms with Crippen LogP contribution in [0.3, 0.4) is 0 Å². The Bertz CT molecular complexity index is 269. The molecule has 0 heterocycles. The Morgan fingerprint density at radius 3 is 2.28 bits per heavy atom. The normalized spacial score (nSPS) is 14.1. The van der Waals surface area contributed by atoms with Gasteiger partial charge >= 0.3 is 12.0 Å². The van der Waals surface area contributed by atoms with Gasteiger partial charge in [0.2, 0.25) is 0 Å². The maximum Gasteiger partial charge on any atom is 0.326 e. The van der Waals surface area contributed by atoms with E-state index in [1.807, 2.05) is 20.8 Å². The first-order chi connectivity index (χ1) is 8.38. The monoisotopic (exact) mass is 260 g/mol. The average Bonchev–Trinajstić information content (AvgIpc) is 2.27. The lowest BCUT2D eigenvalue weighted by atomic mass is 10.1. The number of amides is 2. The fourth-order valence-electron chi connectivity index (χ4n) is 1.26. The maximum atomic E-state index is 11.6. The molecule has 2 atom stereocenters. The number of urea groups is 1. The lowest BCUT2D eigenvalue weighted by Gasteiger charge is -2.20. The molecule has 0 saturated carbocycles. The smallest absolute Gasteiger partial charge is 0.326 e. The second-order valence-corrected chi connectivity index (χ2v) is 4.68. The van der Waals surface area contributed by atoms with Crippen LogP contribution in [0.15, 0.2) is 0 Å². The summed E-state index contributed by atoms with van der Waals surface area (Å²) >= 11 is 0. The van der Waals surface area contributed by atoms with Gasteiger partial charge in [-0.1, -0.05) is 13.8 Å². The van der Waals surface area contributed by atoms with Gasteiger partial charge in [0.15, 0.2) is 0 Å². The van der Waals surface area contributed by atoms with Gasteiger partial charge in [-0.3, -0.25) is 0 Å². The number of ether oxygens (including phenoxy) is 1. The number of nitrogens with one attached hydrogen (secondary N) is 2. The molecule has 2 amide bonds. The number of hydrogen-bond acceptors (Lipinski definition) is 3. The van der Waals surface area contributed by atoms with Gasteiger partial charge in [-0.05, 0) is 25.7 Å². The fraction of sp³-hybridized carbons (Fsp3) is 0.833. The van der Waals surface area contributed by atoms with Gasteiger partial charge in [0, 0.05) is 19.8 Å². The maximum absolute atomic E-state index is 11.6. The molecule has 6 nitrogen and oxygen atoms in total. The number of carboxylic acid groups (broad SMARTS) is 1. The Balaban J connectivity index is 4.15. The van der Waals surface area contributed by atoms with Crippen molar-refractivity contribution < 1.29 is 19.4 Å². The van der Waals surface area contributed by atoms with Crippen LogP contribution in [0.2, 0.25) is 0 Å². The average molecular weight is 260 g/mol. The summed E-state index contributed by atoms with van der Waals surface area (Å²) in [4.78, 5) is 22.6. The summed E-state index contributed by atoms with van der Waals surface area (Å²) < 4.78 is 4.85. The summed E-state index contributed by atoms with van der Waals surface area (Å²) in [6.07, 6.45) is 0.945. The van der Waals surface area contributed by atoms with Crippen LogP contribution >= 0.6 is 0 Å². The third-order valence-electron chi connectivity index (χ3n) is 2.80. The minimum atomic E-state index is -1.03. The van der Waals surface area contributed by atoms with Crippen LogP contribution in [0.1, 0.15) is 33.6 Å². The molecule has 0 aromatic carbocycles. The van der Waals surface area contributed by atoms with E-state index in [1.165, 1.54) is 0 Å². The molecule has 18 heavy (non-hydrogen) atoms. The minimum Gasteiger partial charge on any atom is -0.480 e. The van der Waals surface area contributed by atoms with E-state index in [4.69, 9.17) is 9.84 Å². The second kappa shape index (κ2) is 8.74. The van der Waals surface area contributed by atoms with E-state index in [2.05, 4.69) is 10.6 Å². The summed E-state index contributed by atoms with van der Waals surface area (Å²) in [5, 5.41) is 14.1. The Morgan fingerprint density at radius 1 is 1.22 bits per heavy atom. The van der Waals surface area contributed by atoms with Gasteiger partial charge < -0.3 is 20.5 Å². The molecule has 2 unspecified atom stereocenters. The van der Waals surface area contributed by atoms with Crippen molar-refractivity contribution in [2.24, 2.45) is 5.92 Å². The van der Waals surface area contributed by atoms with Crippen LogP contribution in [0.5, 0.6) is 0 Å². The van der Waals surface area contributed by atoms with E-state index < -0.39 is 18.0 Å². The van der Waals surface area contributed by atoms with Crippen molar-refractivity contribution >= 4 is 12.0 Å². The lowest BCUT2D eigenvalue weighted by molar-refractivity contribution is -0.139. The quantitative estimate of drug-likeness (QED) is 0.572. The zero-order chi connectivity index (χ0) is 14.1. The van der Waals surface area contributed by atoms with E-state index in [9.17, 15) is 9.59 Å². The first-order valence-corrected chi connectivity index (χ1v) is 6.17. The Hall–Kier alpha value is -1.30. The van der Waals surface area contributed by atoms with Crippen molar-refractivity contribution in [2.75, 3.05) is 13.7 Å². The molecule has 0 bridgehead atoms. The minimum absolute atomic E-state index is 0.00146. The van der Waals surface area contributed by atoms with Crippen molar-refractivity contribution in [3.8, 4) is 0 Å². The molecule has 0 aliphatic rings. The SMILES string of the molecule is COCCCC(NC(=O)NC(C)C(C)C)C(=O)O. The molecule has 0 aliphatic heterocycles. The predicted molar refractivity (Wildman–Crippen MR) is 68.5 cm³/mol. The van der Waals surface area contributed by atoms with Crippen molar-refractivity contribution in [1.29, 1.82) is 0 Å². The standard InChI is InChI=1S/C12H24N2O4/c1-8(2)9(3)13-12(17)14-10(11(15)16)6-5-7-18-4/h8-10H,5-7H2,1-4H3,(H,15,16)(H2,13,14,17). The molecule has 0 radical (unpaired) electrons. The number of methoxy groups -OCH3 is 1. The molecule has 0 fully saturated rings. The summed E-state index contributed by atoms with van der Waals surface area (Å²) in [5.41, 5.74) is 0. The molecule has 0 aromatic rings. The van der Waals surface area contributed by atoms with E-state index in [0.29, 0.717) is 25.4 Å². The highest BCUT2D eigenvalue weighted by atomic mass is 16.5. The molecule has 0 rings (SSSR count). The third kappa shape index (κ3) is 7.11. The number of carboxylic acids is 1. The first-order valence-electron chi connectivity index (χ1n) is 6.17. The highest BCUT2D eigenvalue weighted by Gasteiger charge is 2.20. The van der Waals surface area contributed by atoms with Gasteiger partial charge in [0.1, 0.15) is 6.04 Å². The Labute approximate surface area is 108 Å². The van der Waals surface area contributed by atoms with E-state index >= 15 is 0 Å². The van der Waals surface area contributed by atoms with Crippen LogP contribution in [-0.2, 0) is 9.53 Å². The number of aliphatic carboxylic acids is 1. The number of carbonyl (C=O) groups is 2. The van der Waals surface area contributed by atoms with Crippen LogP contribution in [-0.4, -0.2) is 42.9 Å². The Kier molecular flexibility index (Phi) is 8.11. The molecule has 0 saturated heterocycles. The summed E-state index contributed by atoms with van der Waals surface area (Å²) in [7, 11) is 1.56. The van der Waals surface area contributed by atoms with Gasteiger partial charge in [0.25, 0.3) is 0 Å². The van der Waals surface area contributed by atoms with E-state index in [0.717, 1.165) is 0 Å². The summed E-state index contributed by atoms with van der Waals surface area (Å²) in [6, 6.07) is -1.32. The van der Waals surface area contributed by atoms with Crippen molar-refractivity contribution in [3.63, 3.8) is 0 Å². The van der Waals surface area contributed by atoms with Crippen molar-refractivity contribution in [3.05, 3.63) is 0 Å². The van der Waals surface area contributed by atoms with Crippen LogP contribution in [0.4, 0.5) is 4.79 Å². The van der Waals surface area contributed by atoms with Gasteiger partial charge in [-0.15, -0.1) is 0 Å². The molecule has 3 N–H and O–H groups in total. The van der Waals surface area contributed by atoms with E-state index in [-0.39, 0.29) is 6.04 Å². The Morgan fingerprint density at radius 2 is 1.83 bits per heavy atom. The summed E-state index contributed by atoms with van der Waals surface area (Å²) in [6.45, 7) is 6.33. The highest BCUT2D eigenvalue weighted by molar-refractivity contribution is 5.82. The van der Waals surface area contributed by atoms with Crippen LogP contribution in [0.25, 0.3) is 0 Å². The molecule has 106 valence electrons. The highest BCUT2D eigenvalue weighted by Crippen LogP contribution is 2.01. The molecule has 6 heteroatoms. The molecular formula is C12H24N2O4. The lowest BCUT2D eigenvalue weighted by Crippen LogP contribution is -2.49. The van der Waals surface area contributed by atoms with Gasteiger partial charge in [-0.25, -0.2) is 9.59 Å². The predicted octanol–water partition coefficient (Wildman–Crippen LogP) is 1.21. The zero-order valence-corrected chi connectivity index (χ0v) is 11.5. The number of rotatable bonds is 8. The molecular weight excluding hydrogens is 236 g/mol. The fourth-order valence-corrected chi connectivity index (χ4v) is 1.26. The summed E-state index contributed by atoms with van der Waals surface area (Å²) in [5.74, 6) is -0.731. The topological polar surface area (TPSA) is 87.7 Å². The number of hydrogen-bond donors (Lipinski definition) is 3. The van der Waals surface area contributed by atoms with Crippen molar-refractivity contribution in [1.82, 2.24) is 10.6 Å². The molecule has 0 aromatic heterocycles. The van der Waals surface area contributed by atoms with Crippen molar-refractivity contribution in [2.45, 2.75) is 45.7 Å². The number of carbonyl (C=O) groups excluding carboxylic acids is 1. The molecule has 0 spiro atoms. The third-order valence-corrected chi connectivity index (χ3v) is 2.80. The second-order valence-electron chi connectivity index (χ2n) is 4.68. The van der Waals surface area contributed by atoms with Crippen LogP contribution in [0, 0.1) is 5.92 Å². The van der Waals surface area contributed by atoms with E-state index in [1.54, 1.807) is 7.11 Å². The van der Waals surface area contributed by atoms with Crippen LogP contribution < -0.4 is 10.6 Å².